The Bertz CT molecular complexity index is 1690. The Balaban J connectivity index is 1.43. The summed E-state index contributed by atoms with van der Waals surface area (Å²) in [6.07, 6.45) is -0.270. The monoisotopic (exact) mass is 683 g/mol. The fraction of sp³-hybridized carbons (Fsp3) is 0.419. The highest BCUT2D eigenvalue weighted by molar-refractivity contribution is 7.21. The number of fused-ring (bicyclic) bond motifs is 2. The molecule has 2 aromatic carbocycles. The summed E-state index contributed by atoms with van der Waals surface area (Å²) < 4.78 is 53.4. The second-order valence-corrected chi connectivity index (χ2v) is 12.2. The van der Waals surface area contributed by atoms with Crippen LogP contribution in [0.15, 0.2) is 12.1 Å². The highest BCUT2D eigenvalue weighted by atomic mass is 35.5. The van der Waals surface area contributed by atoms with Crippen LogP contribution in [-0.2, 0) is 27.5 Å². The maximum atomic E-state index is 15.5. The van der Waals surface area contributed by atoms with E-state index in [2.05, 4.69) is 0 Å². The summed E-state index contributed by atoms with van der Waals surface area (Å²) in [5.41, 5.74) is -0.130. The molecule has 0 spiro atoms. The number of amides is 1. The number of methoxy groups -OCH3 is 2. The molecule has 1 aliphatic rings. The molecule has 1 amide bonds. The molecule has 0 saturated heterocycles. The summed E-state index contributed by atoms with van der Waals surface area (Å²) >= 11 is 7.67. The Hall–Kier alpha value is -4.17. The van der Waals surface area contributed by atoms with E-state index in [-0.39, 0.29) is 79.0 Å². The van der Waals surface area contributed by atoms with Gasteiger partial charge in [-0.3, -0.25) is 19.2 Å². The lowest BCUT2D eigenvalue weighted by molar-refractivity contribution is -0.145. The number of carboxylic acid groups (broad SMARTS) is 2. The zero-order chi connectivity index (χ0) is 33.9. The molecule has 2 atom stereocenters. The van der Waals surface area contributed by atoms with Crippen molar-refractivity contribution in [3.63, 3.8) is 0 Å². The van der Waals surface area contributed by atoms with E-state index in [1.54, 1.807) is 12.1 Å². The standard InChI is InChI=1S/C31H32ClF2NO10S/c1-14(30(38)39)8-19(36)21-11-16-10-20(26(42-3)23(32)29(16)46-21)44-6-5-7-45-28-25(34)18-13-35(22(37)9-15(2)31(40)41)12-17(18)24(33)27(28)43-4/h10-11,14-15H,5-9,12-13H2,1-4H3,(H,38,39)(H,40,41)/t14-,15-/m0/s1. The Morgan fingerprint density at radius 1 is 0.891 bits per heavy atom. The van der Waals surface area contributed by atoms with Crippen molar-refractivity contribution in [3.05, 3.63) is 44.8 Å². The van der Waals surface area contributed by atoms with Gasteiger partial charge in [0.1, 0.15) is 5.02 Å². The molecule has 11 nitrogen and oxygen atoms in total. The number of benzene rings is 2. The molecule has 4 rings (SSSR count). The topological polar surface area (TPSA) is 149 Å². The molecule has 0 aliphatic carbocycles. The average molecular weight is 684 g/mol. The molecule has 0 unspecified atom stereocenters. The maximum absolute atomic E-state index is 15.5. The molecule has 0 radical (unpaired) electrons. The normalized spacial score (nSPS) is 13.7. The van der Waals surface area contributed by atoms with E-state index in [0.29, 0.717) is 15.0 Å². The van der Waals surface area contributed by atoms with Gasteiger partial charge in [-0.15, -0.1) is 11.3 Å². The first-order valence-electron chi connectivity index (χ1n) is 14.2. The predicted molar refractivity (Wildman–Crippen MR) is 163 cm³/mol. The van der Waals surface area contributed by atoms with Gasteiger partial charge >= 0.3 is 11.9 Å². The summed E-state index contributed by atoms with van der Waals surface area (Å²) in [6.45, 7) is 2.29. The van der Waals surface area contributed by atoms with Crippen LogP contribution in [-0.4, -0.2) is 66.2 Å². The minimum absolute atomic E-state index is 0.0473. The predicted octanol–water partition coefficient (Wildman–Crippen LogP) is 5.94. The molecule has 3 aromatic rings. The van der Waals surface area contributed by atoms with E-state index in [1.165, 1.54) is 25.9 Å². The third kappa shape index (κ3) is 7.12. The number of carboxylic acids is 2. The van der Waals surface area contributed by atoms with Crippen LogP contribution in [0, 0.1) is 23.5 Å². The van der Waals surface area contributed by atoms with Crippen molar-refractivity contribution in [2.75, 3.05) is 27.4 Å². The second kappa shape index (κ2) is 14.5. The Morgan fingerprint density at radius 3 is 2.04 bits per heavy atom. The lowest BCUT2D eigenvalue weighted by atomic mass is 10.0. The molecule has 0 fully saturated rings. The van der Waals surface area contributed by atoms with Gasteiger partial charge in [0.15, 0.2) is 34.7 Å². The highest BCUT2D eigenvalue weighted by Crippen LogP contribution is 2.45. The first-order valence-corrected chi connectivity index (χ1v) is 15.4. The van der Waals surface area contributed by atoms with Gasteiger partial charge in [0, 0.05) is 43.5 Å². The number of halogens is 3. The van der Waals surface area contributed by atoms with E-state index in [4.69, 9.17) is 40.8 Å². The van der Waals surface area contributed by atoms with Crippen LogP contribution in [0.5, 0.6) is 23.0 Å². The van der Waals surface area contributed by atoms with Gasteiger partial charge in [-0.1, -0.05) is 25.4 Å². The van der Waals surface area contributed by atoms with E-state index in [1.807, 2.05) is 0 Å². The molecule has 46 heavy (non-hydrogen) atoms. The average Bonchev–Trinajstić information content (AvgIpc) is 3.65. The van der Waals surface area contributed by atoms with Crippen molar-refractivity contribution in [1.82, 2.24) is 4.90 Å². The fourth-order valence-corrected chi connectivity index (χ4v) is 6.31. The minimum Gasteiger partial charge on any atom is -0.491 e. The van der Waals surface area contributed by atoms with Gasteiger partial charge in [0.05, 0.1) is 48.8 Å². The second-order valence-electron chi connectivity index (χ2n) is 10.8. The Morgan fingerprint density at radius 2 is 1.46 bits per heavy atom. The number of hydrogen-bond acceptors (Lipinski definition) is 9. The van der Waals surface area contributed by atoms with Crippen molar-refractivity contribution in [1.29, 1.82) is 0 Å². The molecule has 0 saturated carbocycles. The molecular weight excluding hydrogens is 652 g/mol. The van der Waals surface area contributed by atoms with Crippen molar-refractivity contribution in [2.45, 2.75) is 46.2 Å². The van der Waals surface area contributed by atoms with Crippen LogP contribution in [0.3, 0.4) is 0 Å². The van der Waals surface area contributed by atoms with Crippen LogP contribution in [0.2, 0.25) is 5.02 Å². The van der Waals surface area contributed by atoms with Crippen molar-refractivity contribution in [3.8, 4) is 23.0 Å². The number of ether oxygens (including phenoxy) is 4. The van der Waals surface area contributed by atoms with Gasteiger partial charge < -0.3 is 34.1 Å². The summed E-state index contributed by atoms with van der Waals surface area (Å²) in [7, 11) is 2.56. The number of Topliss-reactive ketones (excluding diaryl/α,β-unsaturated/α-hetero) is 1. The number of ketones is 1. The van der Waals surface area contributed by atoms with Crippen molar-refractivity contribution < 1.29 is 57.1 Å². The lowest BCUT2D eigenvalue weighted by Gasteiger charge is -2.16. The molecule has 2 N–H and O–H groups in total. The molecule has 1 aliphatic heterocycles. The quantitative estimate of drug-likeness (QED) is 0.146. The highest BCUT2D eigenvalue weighted by Gasteiger charge is 2.35. The molecule has 1 aromatic heterocycles. The van der Waals surface area contributed by atoms with Crippen LogP contribution < -0.4 is 18.9 Å². The fourth-order valence-electron chi connectivity index (χ4n) is 4.89. The number of nitrogens with zero attached hydrogens (tertiary/aromatic N) is 1. The van der Waals surface area contributed by atoms with Crippen LogP contribution in [0.4, 0.5) is 8.78 Å². The van der Waals surface area contributed by atoms with Crippen LogP contribution >= 0.6 is 22.9 Å². The van der Waals surface area contributed by atoms with Crippen molar-refractivity contribution >= 4 is 56.7 Å². The van der Waals surface area contributed by atoms with Gasteiger partial charge in [-0.25, -0.2) is 8.78 Å². The Kier molecular flexibility index (Phi) is 10.9. The SMILES string of the molecule is COc1c(F)c2c(c(F)c1OCCCOc1cc3cc(C(=O)C[C@H](C)C(=O)O)sc3c(Cl)c1OC)CN(C(=O)C[C@H](C)C(=O)O)C2. The number of hydrogen-bond donors (Lipinski definition) is 2. The number of carbonyl (C=O) groups excluding carboxylic acids is 2. The molecule has 15 heteroatoms. The number of rotatable bonds is 15. The molecule has 248 valence electrons. The number of thiophene rings is 1. The van der Waals surface area contributed by atoms with Gasteiger partial charge in [-0.2, -0.15) is 0 Å². The van der Waals surface area contributed by atoms with E-state index >= 15 is 8.78 Å². The summed E-state index contributed by atoms with van der Waals surface area (Å²) in [5, 5.41) is 19.0. The van der Waals surface area contributed by atoms with Crippen LogP contribution in [0.25, 0.3) is 10.1 Å². The third-order valence-corrected chi connectivity index (χ3v) is 9.19. The zero-order valence-corrected chi connectivity index (χ0v) is 27.0. The van der Waals surface area contributed by atoms with E-state index in [0.717, 1.165) is 18.4 Å². The van der Waals surface area contributed by atoms with Crippen molar-refractivity contribution in [2.24, 2.45) is 11.8 Å². The number of carbonyl (C=O) groups is 4. The summed E-state index contributed by atoms with van der Waals surface area (Å²) in [5.74, 6) is -7.06. The maximum Gasteiger partial charge on any atom is 0.306 e. The lowest BCUT2D eigenvalue weighted by Crippen LogP contribution is -2.28. The van der Waals surface area contributed by atoms with Gasteiger partial charge in [-0.05, 0) is 17.5 Å². The minimum atomic E-state index is -1.15. The summed E-state index contributed by atoms with van der Waals surface area (Å²) in [4.78, 5) is 49.0. The smallest absolute Gasteiger partial charge is 0.306 e. The summed E-state index contributed by atoms with van der Waals surface area (Å²) in [6, 6.07) is 3.24. The molecular formula is C31H32ClF2NO10S. The molecule has 2 heterocycles. The zero-order valence-electron chi connectivity index (χ0n) is 25.4. The first kappa shape index (κ1) is 34.7. The van der Waals surface area contributed by atoms with Crippen LogP contribution in [0.1, 0.15) is 53.9 Å². The van der Waals surface area contributed by atoms with Gasteiger partial charge in [0.2, 0.25) is 11.7 Å². The largest absolute Gasteiger partial charge is 0.491 e. The Labute approximate surface area is 271 Å². The van der Waals surface area contributed by atoms with E-state index in [9.17, 15) is 19.2 Å². The van der Waals surface area contributed by atoms with E-state index < -0.39 is 52.8 Å². The first-order chi connectivity index (χ1) is 21.8. The molecule has 0 bridgehead atoms. The van der Waals surface area contributed by atoms with Gasteiger partial charge in [0.25, 0.3) is 0 Å². The number of aliphatic carboxylic acids is 2. The third-order valence-electron chi connectivity index (χ3n) is 7.51.